The zero-order valence-electron chi connectivity index (χ0n) is 19.5. The van der Waals surface area contributed by atoms with Crippen LogP contribution in [-0.4, -0.2) is 45.6 Å². The van der Waals surface area contributed by atoms with E-state index in [-0.39, 0.29) is 0 Å². The minimum atomic E-state index is -0.637. The van der Waals surface area contributed by atoms with E-state index in [1.165, 1.54) is 11.3 Å². The summed E-state index contributed by atoms with van der Waals surface area (Å²) in [5.41, 5.74) is 3.68. The van der Waals surface area contributed by atoms with Gasteiger partial charge in [0.25, 0.3) is 0 Å². The molecule has 172 valence electrons. The summed E-state index contributed by atoms with van der Waals surface area (Å²) in [5.74, 6) is 1.43. The highest BCUT2D eigenvalue weighted by atomic mass is 32.1. The predicted octanol–water partition coefficient (Wildman–Crippen LogP) is 5.14. The molecule has 0 bridgehead atoms. The van der Waals surface area contributed by atoms with Gasteiger partial charge in [-0.2, -0.15) is 10.2 Å². The van der Waals surface area contributed by atoms with Crippen molar-refractivity contribution >= 4 is 11.3 Å². The van der Waals surface area contributed by atoms with Crippen LogP contribution in [-0.2, 0) is 0 Å². The van der Waals surface area contributed by atoms with Crippen molar-refractivity contribution in [2.24, 2.45) is 0 Å². The Labute approximate surface area is 203 Å². The van der Waals surface area contributed by atoms with Gasteiger partial charge in [-0.05, 0) is 46.1 Å². The third-order valence-corrected chi connectivity index (χ3v) is 6.40. The van der Waals surface area contributed by atoms with Crippen molar-refractivity contribution in [1.29, 1.82) is 5.26 Å². The number of hydrogen-bond acceptors (Lipinski definition) is 8. The van der Waals surface area contributed by atoms with E-state index in [1.54, 1.807) is 18.2 Å². The van der Waals surface area contributed by atoms with Gasteiger partial charge >= 0.3 is 0 Å². The van der Waals surface area contributed by atoms with E-state index in [1.807, 2.05) is 69.2 Å². The first-order valence-electron chi connectivity index (χ1n) is 10.8. The standard InChI is InChI=1S/C26H25N5O2S/c1-16-25(22(32)15-31(3)4)34-26(28-16)20-11-10-18(14-27)12-23(20)33-24-13-21(29-17(2)30-24)19-8-6-5-7-9-19/h5-13,22,32H,15H2,1-4H3. The van der Waals surface area contributed by atoms with Gasteiger partial charge in [0.2, 0.25) is 5.88 Å². The average molecular weight is 472 g/mol. The molecule has 1 unspecified atom stereocenters. The van der Waals surface area contributed by atoms with Gasteiger partial charge in [-0.15, -0.1) is 11.3 Å². The topological polar surface area (TPSA) is 95.2 Å². The minimum Gasteiger partial charge on any atom is -0.438 e. The molecule has 8 heteroatoms. The van der Waals surface area contributed by atoms with Crippen LogP contribution < -0.4 is 4.74 Å². The fraction of sp³-hybridized carbons (Fsp3) is 0.231. The summed E-state index contributed by atoms with van der Waals surface area (Å²) >= 11 is 1.42. The molecule has 4 aromatic rings. The fourth-order valence-electron chi connectivity index (χ4n) is 3.58. The predicted molar refractivity (Wildman–Crippen MR) is 133 cm³/mol. The fourth-order valence-corrected chi connectivity index (χ4v) is 4.65. The smallest absolute Gasteiger partial charge is 0.223 e. The zero-order valence-corrected chi connectivity index (χ0v) is 20.3. The number of aryl methyl sites for hydroxylation is 2. The molecule has 2 aromatic carbocycles. The van der Waals surface area contributed by atoms with E-state index in [0.29, 0.717) is 34.6 Å². The molecular weight excluding hydrogens is 446 g/mol. The van der Waals surface area contributed by atoms with Crippen LogP contribution >= 0.6 is 11.3 Å². The molecule has 7 nitrogen and oxygen atoms in total. The second-order valence-corrected chi connectivity index (χ2v) is 9.21. The quantitative estimate of drug-likeness (QED) is 0.399. The maximum absolute atomic E-state index is 10.6. The molecule has 4 rings (SSSR count). The Hall–Kier alpha value is -3.64. The highest BCUT2D eigenvalue weighted by Gasteiger charge is 2.20. The van der Waals surface area contributed by atoms with Gasteiger partial charge in [-0.1, -0.05) is 30.3 Å². The molecule has 2 heterocycles. The molecule has 1 atom stereocenters. The molecule has 0 aliphatic carbocycles. The van der Waals surface area contributed by atoms with Crippen LogP contribution in [0.25, 0.3) is 21.8 Å². The van der Waals surface area contributed by atoms with Gasteiger partial charge in [-0.3, -0.25) is 0 Å². The van der Waals surface area contributed by atoms with Crippen molar-refractivity contribution in [3.63, 3.8) is 0 Å². The number of aliphatic hydroxyl groups excluding tert-OH is 1. The lowest BCUT2D eigenvalue weighted by Gasteiger charge is -2.14. The Bertz CT molecular complexity index is 1350. The van der Waals surface area contributed by atoms with Gasteiger partial charge in [0.1, 0.15) is 22.7 Å². The van der Waals surface area contributed by atoms with Crippen molar-refractivity contribution in [3.05, 3.63) is 76.6 Å². The van der Waals surface area contributed by atoms with Crippen molar-refractivity contribution in [1.82, 2.24) is 19.9 Å². The second-order valence-electron chi connectivity index (χ2n) is 8.18. The van der Waals surface area contributed by atoms with E-state index in [2.05, 4.69) is 16.0 Å². The number of aromatic nitrogens is 3. The molecule has 2 aromatic heterocycles. The molecule has 0 saturated heterocycles. The third-order valence-electron chi connectivity index (χ3n) is 5.11. The molecular formula is C26H25N5O2S. The molecule has 0 amide bonds. The van der Waals surface area contributed by atoms with Crippen molar-refractivity contribution < 1.29 is 9.84 Å². The summed E-state index contributed by atoms with van der Waals surface area (Å²) in [6, 6.07) is 19.0. The van der Waals surface area contributed by atoms with Crippen LogP contribution in [0.4, 0.5) is 0 Å². The molecule has 0 saturated carbocycles. The summed E-state index contributed by atoms with van der Waals surface area (Å²) in [7, 11) is 3.83. The molecule has 0 aliphatic rings. The van der Waals surface area contributed by atoms with Gasteiger partial charge in [-0.25, -0.2) is 9.97 Å². The summed E-state index contributed by atoms with van der Waals surface area (Å²) in [4.78, 5) is 16.4. The maximum atomic E-state index is 10.6. The van der Waals surface area contributed by atoms with Crippen molar-refractivity contribution in [3.8, 4) is 39.5 Å². The lowest BCUT2D eigenvalue weighted by atomic mass is 10.1. The third kappa shape index (κ3) is 5.29. The number of aliphatic hydroxyl groups is 1. The van der Waals surface area contributed by atoms with E-state index in [9.17, 15) is 10.4 Å². The van der Waals surface area contributed by atoms with Crippen molar-refractivity contribution in [2.75, 3.05) is 20.6 Å². The molecule has 0 aliphatic heterocycles. The lowest BCUT2D eigenvalue weighted by molar-refractivity contribution is 0.141. The van der Waals surface area contributed by atoms with E-state index in [4.69, 9.17) is 9.72 Å². The summed E-state index contributed by atoms with van der Waals surface area (Å²) in [6.07, 6.45) is -0.637. The first-order chi connectivity index (χ1) is 16.3. The van der Waals surface area contributed by atoms with Crippen molar-refractivity contribution in [2.45, 2.75) is 20.0 Å². The number of thiazole rings is 1. The Morgan fingerprint density at radius 3 is 2.53 bits per heavy atom. The second kappa shape index (κ2) is 10.1. The summed E-state index contributed by atoms with van der Waals surface area (Å²) in [5, 5.41) is 20.8. The largest absolute Gasteiger partial charge is 0.438 e. The zero-order chi connectivity index (χ0) is 24.2. The van der Waals surface area contributed by atoms with Crippen LogP contribution in [0, 0.1) is 25.2 Å². The van der Waals surface area contributed by atoms with Crippen LogP contribution in [0.3, 0.4) is 0 Å². The van der Waals surface area contributed by atoms with Crippen LogP contribution in [0.15, 0.2) is 54.6 Å². The number of benzene rings is 2. The Balaban J connectivity index is 1.74. The number of hydrogen-bond donors (Lipinski definition) is 1. The first-order valence-corrected chi connectivity index (χ1v) is 11.6. The van der Waals surface area contributed by atoms with E-state index >= 15 is 0 Å². The molecule has 34 heavy (non-hydrogen) atoms. The summed E-state index contributed by atoms with van der Waals surface area (Å²) in [6.45, 7) is 4.20. The maximum Gasteiger partial charge on any atom is 0.223 e. The van der Waals surface area contributed by atoms with Gasteiger partial charge in [0.15, 0.2) is 0 Å². The number of nitrogens with zero attached hydrogens (tertiary/aromatic N) is 5. The van der Waals surface area contributed by atoms with Crippen LogP contribution in [0.5, 0.6) is 11.6 Å². The highest BCUT2D eigenvalue weighted by Crippen LogP contribution is 2.39. The number of nitriles is 1. The normalized spacial score (nSPS) is 11.9. The SMILES string of the molecule is Cc1nc(Oc2cc(C#N)ccc2-c2nc(C)c(C(O)CN(C)C)s2)cc(-c2ccccc2)n1. The molecule has 0 fully saturated rings. The lowest BCUT2D eigenvalue weighted by Crippen LogP contribution is -2.19. The Morgan fingerprint density at radius 1 is 1.06 bits per heavy atom. The van der Waals surface area contributed by atoms with E-state index < -0.39 is 6.10 Å². The number of ether oxygens (including phenoxy) is 1. The Kier molecular flexibility index (Phi) is 6.98. The van der Waals surface area contributed by atoms with Gasteiger partial charge in [0.05, 0.1) is 33.5 Å². The molecule has 1 N–H and O–H groups in total. The average Bonchev–Trinajstić information content (AvgIpc) is 3.20. The molecule has 0 radical (unpaired) electrons. The van der Waals surface area contributed by atoms with Gasteiger partial charge in [0, 0.05) is 18.2 Å². The highest BCUT2D eigenvalue weighted by molar-refractivity contribution is 7.15. The number of likely N-dealkylation sites (N-methyl/N-ethyl adjacent to an activating group) is 1. The Morgan fingerprint density at radius 2 is 1.82 bits per heavy atom. The van der Waals surface area contributed by atoms with Crippen LogP contribution in [0.1, 0.15) is 28.1 Å². The first kappa shape index (κ1) is 23.5. The monoisotopic (exact) mass is 471 g/mol. The summed E-state index contributed by atoms with van der Waals surface area (Å²) < 4.78 is 6.22. The molecule has 0 spiro atoms. The number of rotatable bonds is 7. The van der Waals surface area contributed by atoms with Gasteiger partial charge < -0.3 is 14.7 Å². The van der Waals surface area contributed by atoms with E-state index in [0.717, 1.165) is 27.4 Å². The minimum absolute atomic E-state index is 0.379. The van der Waals surface area contributed by atoms with Crippen LogP contribution in [0.2, 0.25) is 0 Å².